The predicted octanol–water partition coefficient (Wildman–Crippen LogP) is 3.92. The van der Waals surface area contributed by atoms with Gasteiger partial charge in [0.2, 0.25) is 0 Å². The van der Waals surface area contributed by atoms with Crippen molar-refractivity contribution in [2.24, 2.45) is 0 Å². The average molecular weight is 387 g/mol. The lowest BCUT2D eigenvalue weighted by molar-refractivity contribution is -0.152. The Hall–Kier alpha value is -3.12. The summed E-state index contributed by atoms with van der Waals surface area (Å²) < 4.78 is 10.6. The van der Waals surface area contributed by atoms with Gasteiger partial charge in [-0.2, -0.15) is 0 Å². The lowest BCUT2D eigenvalue weighted by Gasteiger charge is -2.21. The number of hydrogen-bond acceptors (Lipinski definition) is 5. The second-order valence-corrected chi connectivity index (χ2v) is 6.84. The highest BCUT2D eigenvalue weighted by Gasteiger charge is 2.29. The molecule has 0 aliphatic heterocycles. The number of ketones is 1. The molecule has 0 saturated heterocycles. The molecule has 1 heterocycles. The van der Waals surface area contributed by atoms with E-state index in [1.165, 1.54) is 44.2 Å². The molecule has 1 aromatic heterocycles. The summed E-state index contributed by atoms with van der Waals surface area (Å²) in [6.07, 6.45) is 0. The Balaban J connectivity index is 1.92. The first-order chi connectivity index (χ1) is 12.7. The summed E-state index contributed by atoms with van der Waals surface area (Å²) in [6, 6.07) is 12.0. The van der Waals surface area contributed by atoms with Gasteiger partial charge in [-0.05, 0) is 62.4 Å². The molecule has 0 unspecified atom stereocenters. The SMILES string of the molecule is CC(C)(Oc1ccc(C(=O)c2cc3cc(Cl)ccc3oc2=O)cc1)C(=O)O. The van der Waals surface area contributed by atoms with Gasteiger partial charge in [-0.15, -0.1) is 0 Å². The van der Waals surface area contributed by atoms with Crippen LogP contribution in [0.4, 0.5) is 0 Å². The molecule has 6 nitrogen and oxygen atoms in total. The normalized spacial score (nSPS) is 11.4. The topological polar surface area (TPSA) is 93.8 Å². The molecule has 0 fully saturated rings. The number of ether oxygens (including phenoxy) is 1. The first kappa shape index (κ1) is 18.7. The van der Waals surface area contributed by atoms with Gasteiger partial charge in [-0.25, -0.2) is 9.59 Å². The smallest absolute Gasteiger partial charge is 0.347 e. The quantitative estimate of drug-likeness (QED) is 0.527. The molecule has 0 aliphatic rings. The summed E-state index contributed by atoms with van der Waals surface area (Å²) in [4.78, 5) is 35.9. The summed E-state index contributed by atoms with van der Waals surface area (Å²) in [5, 5.41) is 10.1. The van der Waals surface area contributed by atoms with Crippen LogP contribution in [-0.4, -0.2) is 22.5 Å². The Morgan fingerprint density at radius 3 is 2.37 bits per heavy atom. The second-order valence-electron chi connectivity index (χ2n) is 6.40. The zero-order valence-corrected chi connectivity index (χ0v) is 15.2. The number of fused-ring (bicyclic) bond motifs is 1. The molecule has 0 bridgehead atoms. The Bertz CT molecular complexity index is 1100. The number of carbonyl (C=O) groups excluding carboxylic acids is 1. The van der Waals surface area contributed by atoms with Gasteiger partial charge in [0, 0.05) is 16.0 Å². The highest BCUT2D eigenvalue weighted by Crippen LogP contribution is 2.22. The zero-order chi connectivity index (χ0) is 19.8. The lowest BCUT2D eigenvalue weighted by atomic mass is 10.0. The van der Waals surface area contributed by atoms with Crippen LogP contribution in [0.2, 0.25) is 5.02 Å². The highest BCUT2D eigenvalue weighted by atomic mass is 35.5. The van der Waals surface area contributed by atoms with E-state index in [0.717, 1.165) is 0 Å². The summed E-state index contributed by atoms with van der Waals surface area (Å²) >= 11 is 5.94. The number of carboxylic acid groups (broad SMARTS) is 1. The van der Waals surface area contributed by atoms with E-state index < -0.39 is 23.0 Å². The number of aliphatic carboxylic acids is 1. The van der Waals surface area contributed by atoms with Crippen molar-refractivity contribution in [3.63, 3.8) is 0 Å². The van der Waals surface area contributed by atoms with Gasteiger partial charge in [0.05, 0.1) is 0 Å². The van der Waals surface area contributed by atoms with E-state index in [4.69, 9.17) is 25.9 Å². The van der Waals surface area contributed by atoms with E-state index in [0.29, 0.717) is 16.0 Å². The Morgan fingerprint density at radius 1 is 1.07 bits per heavy atom. The van der Waals surface area contributed by atoms with Crippen LogP contribution < -0.4 is 10.4 Å². The first-order valence-electron chi connectivity index (χ1n) is 7.98. The van der Waals surface area contributed by atoms with Crippen molar-refractivity contribution in [2.45, 2.75) is 19.4 Å². The predicted molar refractivity (Wildman–Crippen MR) is 99.7 cm³/mol. The zero-order valence-electron chi connectivity index (χ0n) is 14.5. The van der Waals surface area contributed by atoms with Gasteiger partial charge in [-0.1, -0.05) is 11.6 Å². The van der Waals surface area contributed by atoms with Gasteiger partial charge in [0.1, 0.15) is 16.9 Å². The maximum absolute atomic E-state index is 12.7. The van der Waals surface area contributed by atoms with Crippen molar-refractivity contribution < 1.29 is 23.8 Å². The molecule has 27 heavy (non-hydrogen) atoms. The highest BCUT2D eigenvalue weighted by molar-refractivity contribution is 6.31. The van der Waals surface area contributed by atoms with Crippen LogP contribution in [0.25, 0.3) is 11.0 Å². The van der Waals surface area contributed by atoms with E-state index >= 15 is 0 Å². The van der Waals surface area contributed by atoms with E-state index in [1.807, 2.05) is 0 Å². The van der Waals surface area contributed by atoms with Crippen LogP contribution in [0.1, 0.15) is 29.8 Å². The fourth-order valence-corrected chi connectivity index (χ4v) is 2.60. The minimum Gasteiger partial charge on any atom is -0.478 e. The van der Waals surface area contributed by atoms with E-state index in [-0.39, 0.29) is 16.9 Å². The van der Waals surface area contributed by atoms with Gasteiger partial charge >= 0.3 is 11.6 Å². The maximum atomic E-state index is 12.7. The third kappa shape index (κ3) is 3.85. The summed E-state index contributed by atoms with van der Waals surface area (Å²) in [6.45, 7) is 2.83. The van der Waals surface area contributed by atoms with Crippen LogP contribution >= 0.6 is 11.6 Å². The summed E-state index contributed by atoms with van der Waals surface area (Å²) in [5.74, 6) is -1.35. The third-order valence-corrected chi connectivity index (χ3v) is 4.18. The van der Waals surface area contributed by atoms with Crippen molar-refractivity contribution >= 4 is 34.3 Å². The van der Waals surface area contributed by atoms with Crippen LogP contribution in [0.5, 0.6) is 5.75 Å². The van der Waals surface area contributed by atoms with Crippen LogP contribution in [0, 0.1) is 0 Å². The average Bonchev–Trinajstić information content (AvgIpc) is 2.61. The molecule has 0 atom stereocenters. The van der Waals surface area contributed by atoms with E-state index in [9.17, 15) is 14.4 Å². The Morgan fingerprint density at radius 2 is 1.74 bits per heavy atom. The number of hydrogen-bond donors (Lipinski definition) is 1. The minimum absolute atomic E-state index is 0.121. The summed E-state index contributed by atoms with van der Waals surface area (Å²) in [7, 11) is 0. The summed E-state index contributed by atoms with van der Waals surface area (Å²) in [5.41, 5.74) is -1.71. The number of carbonyl (C=O) groups is 2. The maximum Gasteiger partial charge on any atom is 0.347 e. The number of benzene rings is 2. The molecule has 0 saturated carbocycles. The fraction of sp³-hybridized carbons (Fsp3) is 0.150. The van der Waals surface area contributed by atoms with E-state index in [2.05, 4.69) is 0 Å². The largest absolute Gasteiger partial charge is 0.478 e. The Labute approximate surface area is 158 Å². The fourth-order valence-electron chi connectivity index (χ4n) is 2.42. The molecule has 3 aromatic rings. The van der Waals surface area contributed by atoms with Crippen LogP contribution in [0.3, 0.4) is 0 Å². The van der Waals surface area contributed by atoms with Crippen molar-refractivity contribution in [1.82, 2.24) is 0 Å². The molecular formula is C20H15ClO6. The van der Waals surface area contributed by atoms with Crippen molar-refractivity contribution in [3.8, 4) is 5.75 Å². The van der Waals surface area contributed by atoms with Crippen molar-refractivity contribution in [1.29, 1.82) is 0 Å². The van der Waals surface area contributed by atoms with Crippen LogP contribution in [0.15, 0.2) is 57.7 Å². The van der Waals surface area contributed by atoms with E-state index in [1.54, 1.807) is 18.2 Å². The molecule has 7 heteroatoms. The molecule has 138 valence electrons. The molecule has 0 aliphatic carbocycles. The van der Waals surface area contributed by atoms with Gasteiger partial charge in [0.25, 0.3) is 0 Å². The molecule has 3 rings (SSSR count). The second kappa shape index (κ2) is 6.89. The molecule has 2 aromatic carbocycles. The van der Waals surface area contributed by atoms with Gasteiger partial charge < -0.3 is 14.3 Å². The minimum atomic E-state index is -1.41. The van der Waals surface area contributed by atoms with Gasteiger partial charge in [-0.3, -0.25) is 4.79 Å². The monoisotopic (exact) mass is 386 g/mol. The van der Waals surface area contributed by atoms with Crippen LogP contribution in [-0.2, 0) is 4.79 Å². The Kier molecular flexibility index (Phi) is 4.76. The van der Waals surface area contributed by atoms with Gasteiger partial charge in [0.15, 0.2) is 11.4 Å². The number of carboxylic acids is 1. The molecule has 0 amide bonds. The number of rotatable bonds is 5. The lowest BCUT2D eigenvalue weighted by Crippen LogP contribution is -2.37. The standard InChI is InChI=1S/C20H15ClO6/c1-20(2,19(24)25)27-14-6-3-11(4-7-14)17(22)15-10-12-9-13(21)5-8-16(12)26-18(15)23/h3-10H,1-2H3,(H,24,25). The molecule has 0 radical (unpaired) electrons. The third-order valence-electron chi connectivity index (χ3n) is 3.94. The molecule has 1 N–H and O–H groups in total. The van der Waals surface area contributed by atoms with Crippen molar-refractivity contribution in [2.75, 3.05) is 0 Å². The first-order valence-corrected chi connectivity index (χ1v) is 8.36. The molecule has 0 spiro atoms. The number of halogens is 1. The molecular weight excluding hydrogens is 372 g/mol. The van der Waals surface area contributed by atoms with Crippen molar-refractivity contribution in [3.05, 3.63) is 75.1 Å².